The molecule has 0 bridgehead atoms. The lowest BCUT2D eigenvalue weighted by molar-refractivity contribution is -0.118. The normalized spacial score (nSPS) is 14.6. The van der Waals surface area contributed by atoms with Crippen molar-refractivity contribution in [3.8, 4) is 17.0 Å². The number of aromatic amines is 1. The van der Waals surface area contributed by atoms with E-state index in [2.05, 4.69) is 15.5 Å². The summed E-state index contributed by atoms with van der Waals surface area (Å²) in [5, 5.41) is 11.3. The Morgan fingerprint density at radius 2 is 1.81 bits per heavy atom. The maximum absolute atomic E-state index is 12.9. The lowest BCUT2D eigenvalue weighted by Gasteiger charge is -2.14. The maximum atomic E-state index is 12.9. The minimum atomic E-state index is -0.503. The van der Waals surface area contributed by atoms with Crippen molar-refractivity contribution in [3.05, 3.63) is 64.1 Å². The quantitative estimate of drug-likeness (QED) is 0.627. The maximum Gasteiger partial charge on any atom is 0.236 e. The second-order valence-electron chi connectivity index (χ2n) is 6.55. The molecule has 27 heavy (non-hydrogen) atoms. The molecule has 2 N–H and O–H groups in total. The standard InChI is InChI=1S/C20H17Cl2N3O2/c1-27-17-7-6-14(22)10-15(17)16-11-18(25-24-16)23-19(26)20(8-9-20)12-2-4-13(21)5-3-12/h2-7,10-11H,8-9H2,1H3,(H2,23,24,25,26). The first-order chi connectivity index (χ1) is 13.0. The predicted molar refractivity (Wildman–Crippen MR) is 107 cm³/mol. The Morgan fingerprint density at radius 3 is 2.48 bits per heavy atom. The molecular weight excluding hydrogens is 385 g/mol. The lowest BCUT2D eigenvalue weighted by atomic mass is 9.95. The molecule has 0 unspecified atom stereocenters. The van der Waals surface area contributed by atoms with Gasteiger partial charge in [0.05, 0.1) is 18.2 Å². The highest BCUT2D eigenvalue weighted by molar-refractivity contribution is 6.31. The molecule has 0 radical (unpaired) electrons. The summed E-state index contributed by atoms with van der Waals surface area (Å²) in [6, 6.07) is 14.5. The first kappa shape index (κ1) is 17.9. The Morgan fingerprint density at radius 1 is 1.11 bits per heavy atom. The van der Waals surface area contributed by atoms with Gasteiger partial charge in [-0.15, -0.1) is 0 Å². The van der Waals surface area contributed by atoms with Crippen molar-refractivity contribution in [1.82, 2.24) is 10.2 Å². The van der Waals surface area contributed by atoms with E-state index in [1.165, 1.54) is 0 Å². The van der Waals surface area contributed by atoms with E-state index in [0.717, 1.165) is 24.0 Å². The van der Waals surface area contributed by atoms with Gasteiger partial charge in [-0.25, -0.2) is 0 Å². The largest absolute Gasteiger partial charge is 0.496 e. The monoisotopic (exact) mass is 401 g/mol. The molecular formula is C20H17Cl2N3O2. The van der Waals surface area contributed by atoms with Crippen LogP contribution in [0.25, 0.3) is 11.3 Å². The van der Waals surface area contributed by atoms with Crippen LogP contribution < -0.4 is 10.1 Å². The number of carbonyl (C=O) groups is 1. The van der Waals surface area contributed by atoms with E-state index in [1.54, 1.807) is 31.4 Å². The highest BCUT2D eigenvalue weighted by Gasteiger charge is 2.51. The Labute approximate surface area is 166 Å². The molecule has 1 aromatic heterocycles. The number of nitrogens with zero attached hydrogens (tertiary/aromatic N) is 1. The molecule has 3 aromatic rings. The van der Waals surface area contributed by atoms with E-state index >= 15 is 0 Å². The average molecular weight is 402 g/mol. The number of methoxy groups -OCH3 is 1. The number of halogens is 2. The molecule has 0 spiro atoms. The van der Waals surface area contributed by atoms with Gasteiger partial charge in [0.1, 0.15) is 5.75 Å². The Kier molecular flexibility index (Phi) is 4.58. The van der Waals surface area contributed by atoms with Gasteiger partial charge in [-0.05, 0) is 48.7 Å². The summed E-state index contributed by atoms with van der Waals surface area (Å²) in [5.41, 5.74) is 1.95. The molecule has 1 aliphatic carbocycles. The average Bonchev–Trinajstić information content (AvgIpc) is 3.35. The first-order valence-corrected chi connectivity index (χ1v) is 9.24. The third kappa shape index (κ3) is 3.40. The van der Waals surface area contributed by atoms with E-state index < -0.39 is 5.41 Å². The van der Waals surface area contributed by atoms with E-state index in [-0.39, 0.29) is 5.91 Å². The third-order valence-electron chi connectivity index (χ3n) is 4.85. The van der Waals surface area contributed by atoms with E-state index in [4.69, 9.17) is 27.9 Å². The summed E-state index contributed by atoms with van der Waals surface area (Å²) in [6.45, 7) is 0. The third-order valence-corrected chi connectivity index (χ3v) is 5.34. The Bertz CT molecular complexity index is 995. The topological polar surface area (TPSA) is 67.0 Å². The van der Waals surface area contributed by atoms with Crippen LogP contribution >= 0.6 is 23.2 Å². The number of benzene rings is 2. The van der Waals surface area contributed by atoms with Gasteiger partial charge >= 0.3 is 0 Å². The first-order valence-electron chi connectivity index (χ1n) is 8.49. The minimum Gasteiger partial charge on any atom is -0.496 e. The van der Waals surface area contributed by atoms with Crippen molar-refractivity contribution in [1.29, 1.82) is 0 Å². The van der Waals surface area contributed by atoms with Gasteiger partial charge in [0.15, 0.2) is 5.82 Å². The fourth-order valence-electron chi connectivity index (χ4n) is 3.19. The zero-order valence-corrected chi connectivity index (χ0v) is 16.1. The van der Waals surface area contributed by atoms with Crippen LogP contribution in [0.1, 0.15) is 18.4 Å². The molecule has 5 nitrogen and oxygen atoms in total. The molecule has 1 fully saturated rings. The Balaban J connectivity index is 1.56. The van der Waals surface area contributed by atoms with Crippen molar-refractivity contribution in [3.63, 3.8) is 0 Å². The molecule has 0 saturated heterocycles. The zero-order chi connectivity index (χ0) is 19.0. The van der Waals surface area contributed by atoms with Gasteiger partial charge in [-0.2, -0.15) is 5.10 Å². The minimum absolute atomic E-state index is 0.0686. The molecule has 7 heteroatoms. The van der Waals surface area contributed by atoms with Crippen LogP contribution in [0.5, 0.6) is 5.75 Å². The van der Waals surface area contributed by atoms with Crippen molar-refractivity contribution in [2.24, 2.45) is 0 Å². The van der Waals surface area contributed by atoms with Gasteiger partial charge in [0.2, 0.25) is 5.91 Å². The summed E-state index contributed by atoms with van der Waals surface area (Å²) in [6.07, 6.45) is 1.61. The summed E-state index contributed by atoms with van der Waals surface area (Å²) < 4.78 is 5.37. The number of nitrogens with one attached hydrogen (secondary N) is 2. The number of H-pyrrole nitrogens is 1. The molecule has 2 aromatic carbocycles. The number of aromatic nitrogens is 2. The molecule has 1 amide bonds. The van der Waals surface area contributed by atoms with Gasteiger partial charge in [-0.3, -0.25) is 9.89 Å². The van der Waals surface area contributed by atoms with Crippen molar-refractivity contribution >= 4 is 34.9 Å². The van der Waals surface area contributed by atoms with Crippen LogP contribution in [-0.2, 0) is 10.2 Å². The van der Waals surface area contributed by atoms with Crippen LogP contribution in [0.3, 0.4) is 0 Å². The Hall–Kier alpha value is -2.50. The number of ether oxygens (including phenoxy) is 1. The van der Waals surface area contributed by atoms with Gasteiger partial charge in [0.25, 0.3) is 0 Å². The number of hydrogen-bond donors (Lipinski definition) is 2. The molecule has 1 saturated carbocycles. The second-order valence-corrected chi connectivity index (χ2v) is 7.43. The number of carbonyl (C=O) groups excluding carboxylic acids is 1. The zero-order valence-electron chi connectivity index (χ0n) is 14.6. The van der Waals surface area contributed by atoms with Gasteiger partial charge < -0.3 is 10.1 Å². The number of amides is 1. The summed E-state index contributed by atoms with van der Waals surface area (Å²) in [4.78, 5) is 12.9. The smallest absolute Gasteiger partial charge is 0.236 e. The van der Waals surface area contributed by atoms with E-state index in [1.807, 2.05) is 24.3 Å². The second kappa shape index (κ2) is 6.91. The SMILES string of the molecule is COc1ccc(Cl)cc1-c1cc(NC(=O)C2(c3ccc(Cl)cc3)CC2)n[nH]1. The molecule has 1 heterocycles. The molecule has 0 atom stereocenters. The van der Waals surface area contributed by atoms with Crippen LogP contribution in [0.15, 0.2) is 48.5 Å². The summed E-state index contributed by atoms with van der Waals surface area (Å²) >= 11 is 12.0. The van der Waals surface area contributed by atoms with Crippen molar-refractivity contribution in [2.45, 2.75) is 18.3 Å². The van der Waals surface area contributed by atoms with Gasteiger partial charge in [-0.1, -0.05) is 35.3 Å². The van der Waals surface area contributed by atoms with Gasteiger partial charge in [0, 0.05) is 21.7 Å². The molecule has 1 aliphatic rings. The van der Waals surface area contributed by atoms with Crippen molar-refractivity contribution in [2.75, 3.05) is 12.4 Å². The highest BCUT2D eigenvalue weighted by Crippen LogP contribution is 2.49. The summed E-state index contributed by atoms with van der Waals surface area (Å²) in [5.74, 6) is 1.05. The number of hydrogen-bond acceptors (Lipinski definition) is 3. The van der Waals surface area contributed by atoms with Crippen molar-refractivity contribution < 1.29 is 9.53 Å². The molecule has 0 aliphatic heterocycles. The fraction of sp³-hybridized carbons (Fsp3) is 0.200. The lowest BCUT2D eigenvalue weighted by Crippen LogP contribution is -2.27. The predicted octanol–water partition coefficient (Wildman–Crippen LogP) is 5.06. The van der Waals surface area contributed by atoms with Crippen LogP contribution in [0.2, 0.25) is 10.0 Å². The number of rotatable bonds is 5. The highest BCUT2D eigenvalue weighted by atomic mass is 35.5. The molecule has 4 rings (SSSR count). The van der Waals surface area contributed by atoms with Crippen LogP contribution in [-0.4, -0.2) is 23.2 Å². The number of anilines is 1. The van der Waals surface area contributed by atoms with Crippen LogP contribution in [0, 0.1) is 0 Å². The van der Waals surface area contributed by atoms with Crippen LogP contribution in [0.4, 0.5) is 5.82 Å². The van der Waals surface area contributed by atoms with E-state index in [0.29, 0.717) is 27.3 Å². The fourth-order valence-corrected chi connectivity index (χ4v) is 3.49. The van der Waals surface area contributed by atoms with E-state index in [9.17, 15) is 4.79 Å². The summed E-state index contributed by atoms with van der Waals surface area (Å²) in [7, 11) is 1.59. The molecule has 138 valence electrons.